The maximum atomic E-state index is 7.06. The van der Waals surface area contributed by atoms with Gasteiger partial charge in [-0.1, -0.05) is 182 Å². The Labute approximate surface area is 364 Å². The van der Waals surface area contributed by atoms with E-state index in [1.165, 1.54) is 82.6 Å². The van der Waals surface area contributed by atoms with Crippen LogP contribution in [0.4, 0.5) is 17.1 Å². The summed E-state index contributed by atoms with van der Waals surface area (Å²) >= 11 is 0. The monoisotopic (exact) mass is 799 g/mol. The quantitative estimate of drug-likeness (QED) is 0.176. The SMILES string of the molecule is c1ccc2c(c1)-c1ccccc1C21c2ccccc2-c2cccc(-c3cc4c(oc5cccc(N(c6ccc7ccccc7c6)c6ccc7ccccc7c6)c54)c4ccccc34)c21. The summed E-state index contributed by atoms with van der Waals surface area (Å²) < 4.78 is 7.06. The van der Waals surface area contributed by atoms with Gasteiger partial charge in [-0.25, -0.2) is 0 Å². The molecule has 292 valence electrons. The summed E-state index contributed by atoms with van der Waals surface area (Å²) in [4.78, 5) is 2.42. The zero-order valence-corrected chi connectivity index (χ0v) is 34.2. The van der Waals surface area contributed by atoms with E-state index in [0.717, 1.165) is 44.4 Å². The Morgan fingerprint density at radius 2 is 0.810 bits per heavy atom. The van der Waals surface area contributed by atoms with E-state index >= 15 is 0 Å². The lowest BCUT2D eigenvalue weighted by molar-refractivity contribution is 0.672. The van der Waals surface area contributed by atoms with Crippen molar-refractivity contribution < 1.29 is 4.42 Å². The first-order valence-corrected chi connectivity index (χ1v) is 21.8. The summed E-state index contributed by atoms with van der Waals surface area (Å²) in [6.07, 6.45) is 0. The number of fused-ring (bicyclic) bond motifs is 17. The van der Waals surface area contributed by atoms with E-state index in [1.54, 1.807) is 0 Å². The van der Waals surface area contributed by atoms with Crippen LogP contribution >= 0.6 is 0 Å². The first-order valence-electron chi connectivity index (χ1n) is 21.8. The molecule has 2 aliphatic rings. The Morgan fingerprint density at radius 1 is 0.333 bits per heavy atom. The number of anilines is 3. The largest absolute Gasteiger partial charge is 0.455 e. The number of hydrogen-bond acceptors (Lipinski definition) is 2. The highest BCUT2D eigenvalue weighted by atomic mass is 16.3. The average molecular weight is 800 g/mol. The lowest BCUT2D eigenvalue weighted by atomic mass is 9.68. The molecule has 11 aromatic carbocycles. The predicted octanol–water partition coefficient (Wildman–Crippen LogP) is 16.5. The Hall–Kier alpha value is -8.20. The molecule has 0 aliphatic heterocycles. The van der Waals surface area contributed by atoms with Gasteiger partial charge in [0.15, 0.2) is 0 Å². The Bertz CT molecular complexity index is 3750. The van der Waals surface area contributed by atoms with Gasteiger partial charge in [-0.2, -0.15) is 0 Å². The van der Waals surface area contributed by atoms with E-state index in [4.69, 9.17) is 4.42 Å². The highest BCUT2D eigenvalue weighted by Gasteiger charge is 2.52. The molecule has 1 aromatic heterocycles. The van der Waals surface area contributed by atoms with E-state index < -0.39 is 5.41 Å². The van der Waals surface area contributed by atoms with Gasteiger partial charge in [0.05, 0.1) is 16.5 Å². The third-order valence-corrected chi connectivity index (χ3v) is 14.0. The zero-order valence-electron chi connectivity index (χ0n) is 34.2. The van der Waals surface area contributed by atoms with E-state index in [0.29, 0.717) is 0 Å². The maximum Gasteiger partial charge on any atom is 0.143 e. The van der Waals surface area contributed by atoms with Crippen molar-refractivity contribution >= 4 is 71.3 Å². The van der Waals surface area contributed by atoms with Crippen LogP contribution in [-0.4, -0.2) is 0 Å². The standard InChI is InChI=1S/C61H37NO/c1-3-17-40-35-42(33-31-38(40)15-1)62(43-34-32-39-16-2-4-18-41(39)36-43)56-29-14-30-57-58(56)52-37-51(44-19-5-6-23-50(44)60(52)63-57)49-25-13-24-48-47-22-9-12-28-55(47)61(59(48)49)53-26-10-7-20-45(53)46-21-8-11-27-54(46)61/h1-37H. The molecule has 1 heterocycles. The predicted molar refractivity (Wildman–Crippen MR) is 263 cm³/mol. The molecule has 1 spiro atoms. The van der Waals surface area contributed by atoms with Crippen LogP contribution in [0.3, 0.4) is 0 Å². The lowest BCUT2D eigenvalue weighted by Crippen LogP contribution is -2.26. The van der Waals surface area contributed by atoms with Gasteiger partial charge in [0, 0.05) is 22.1 Å². The molecule has 14 rings (SSSR count). The summed E-state index contributed by atoms with van der Waals surface area (Å²) in [5, 5.41) is 9.27. The first kappa shape index (κ1) is 34.5. The summed E-state index contributed by atoms with van der Waals surface area (Å²) in [7, 11) is 0. The lowest BCUT2D eigenvalue weighted by Gasteiger charge is -2.32. The molecule has 2 heteroatoms. The molecule has 2 aliphatic carbocycles. The Balaban J connectivity index is 1.09. The summed E-state index contributed by atoms with van der Waals surface area (Å²) in [5.41, 5.74) is 17.5. The van der Waals surface area contributed by atoms with Crippen LogP contribution in [0.5, 0.6) is 0 Å². The number of furan rings is 1. The van der Waals surface area contributed by atoms with E-state index in [9.17, 15) is 0 Å². The van der Waals surface area contributed by atoms with Crippen LogP contribution in [-0.2, 0) is 5.41 Å². The van der Waals surface area contributed by atoms with E-state index in [1.807, 2.05) is 0 Å². The summed E-state index contributed by atoms with van der Waals surface area (Å²) in [6, 6.07) is 82.8. The molecule has 0 unspecified atom stereocenters. The van der Waals surface area contributed by atoms with Crippen molar-refractivity contribution in [2.45, 2.75) is 5.41 Å². The minimum atomic E-state index is -0.488. The summed E-state index contributed by atoms with van der Waals surface area (Å²) in [6.45, 7) is 0. The molecule has 63 heavy (non-hydrogen) atoms. The van der Waals surface area contributed by atoms with Gasteiger partial charge in [0.25, 0.3) is 0 Å². The van der Waals surface area contributed by atoms with Crippen LogP contribution in [0.2, 0.25) is 0 Å². The molecule has 12 aromatic rings. The number of benzene rings is 11. The van der Waals surface area contributed by atoms with Gasteiger partial charge < -0.3 is 9.32 Å². The van der Waals surface area contributed by atoms with Crippen molar-refractivity contribution in [2.24, 2.45) is 0 Å². The molecular formula is C61H37NO. The third kappa shape index (κ3) is 4.67. The van der Waals surface area contributed by atoms with Gasteiger partial charge in [0.1, 0.15) is 11.2 Å². The van der Waals surface area contributed by atoms with Crippen LogP contribution in [0, 0.1) is 0 Å². The maximum absolute atomic E-state index is 7.06. The molecule has 0 atom stereocenters. The molecule has 0 bridgehead atoms. The van der Waals surface area contributed by atoms with Crippen LogP contribution < -0.4 is 4.90 Å². The highest BCUT2D eigenvalue weighted by Crippen LogP contribution is 2.65. The third-order valence-electron chi connectivity index (χ3n) is 14.0. The first-order chi connectivity index (χ1) is 31.3. The Kier molecular flexibility index (Phi) is 7.07. The number of nitrogens with zero attached hydrogens (tertiary/aromatic N) is 1. The van der Waals surface area contributed by atoms with Crippen LogP contribution in [0.25, 0.3) is 87.6 Å². The minimum Gasteiger partial charge on any atom is -0.455 e. The van der Waals surface area contributed by atoms with Crippen molar-refractivity contribution in [3.05, 3.63) is 247 Å². The van der Waals surface area contributed by atoms with Crippen LogP contribution in [0.15, 0.2) is 229 Å². The van der Waals surface area contributed by atoms with Gasteiger partial charge >= 0.3 is 0 Å². The summed E-state index contributed by atoms with van der Waals surface area (Å²) in [5.74, 6) is 0. The Morgan fingerprint density at radius 3 is 1.43 bits per heavy atom. The number of hydrogen-bond donors (Lipinski definition) is 0. The van der Waals surface area contributed by atoms with Gasteiger partial charge in [-0.15, -0.1) is 0 Å². The zero-order chi connectivity index (χ0) is 41.2. The minimum absolute atomic E-state index is 0.488. The molecule has 2 nitrogen and oxygen atoms in total. The second-order valence-corrected chi connectivity index (χ2v) is 17.1. The average Bonchev–Trinajstić information content (AvgIpc) is 3.99. The van der Waals surface area contributed by atoms with Gasteiger partial charge in [-0.05, 0) is 125 Å². The second-order valence-electron chi connectivity index (χ2n) is 17.1. The van der Waals surface area contributed by atoms with Crippen molar-refractivity contribution in [3.63, 3.8) is 0 Å². The normalized spacial score (nSPS) is 13.2. The van der Waals surface area contributed by atoms with E-state index in [-0.39, 0.29) is 0 Å². The van der Waals surface area contributed by atoms with Crippen molar-refractivity contribution in [1.82, 2.24) is 0 Å². The highest BCUT2D eigenvalue weighted by molar-refractivity contribution is 6.23. The van der Waals surface area contributed by atoms with Gasteiger partial charge in [0.2, 0.25) is 0 Å². The molecule has 0 radical (unpaired) electrons. The molecule has 0 N–H and O–H groups in total. The molecular weight excluding hydrogens is 763 g/mol. The van der Waals surface area contributed by atoms with Crippen molar-refractivity contribution in [1.29, 1.82) is 0 Å². The molecule has 0 fully saturated rings. The fourth-order valence-corrected chi connectivity index (χ4v) is 11.5. The van der Waals surface area contributed by atoms with Crippen LogP contribution in [0.1, 0.15) is 22.3 Å². The smallest absolute Gasteiger partial charge is 0.143 e. The van der Waals surface area contributed by atoms with Gasteiger partial charge in [-0.3, -0.25) is 0 Å². The van der Waals surface area contributed by atoms with Crippen molar-refractivity contribution in [3.8, 4) is 33.4 Å². The molecule has 0 saturated heterocycles. The fraction of sp³-hybridized carbons (Fsp3) is 0.0164. The topological polar surface area (TPSA) is 16.4 Å². The molecule has 0 amide bonds. The van der Waals surface area contributed by atoms with Crippen molar-refractivity contribution in [2.75, 3.05) is 4.90 Å². The molecule has 0 saturated carbocycles. The van der Waals surface area contributed by atoms with E-state index in [2.05, 4.69) is 229 Å². The second kappa shape index (κ2) is 12.9. The fourth-order valence-electron chi connectivity index (χ4n) is 11.5. The number of rotatable bonds is 4.